The molecule has 1 aliphatic heterocycles. The van der Waals surface area contributed by atoms with E-state index in [4.69, 9.17) is 5.73 Å². The summed E-state index contributed by atoms with van der Waals surface area (Å²) in [6.45, 7) is 6.58. The lowest BCUT2D eigenvalue weighted by molar-refractivity contribution is 0.222. The van der Waals surface area contributed by atoms with Crippen molar-refractivity contribution in [1.29, 1.82) is 0 Å². The Balaban J connectivity index is 1.40. The van der Waals surface area contributed by atoms with Gasteiger partial charge in [0.15, 0.2) is 0 Å². The number of nitrogens with zero attached hydrogens (tertiary/aromatic N) is 2. The molecule has 3 heterocycles. The van der Waals surface area contributed by atoms with Crippen LogP contribution in [0.25, 0.3) is 0 Å². The van der Waals surface area contributed by atoms with Crippen molar-refractivity contribution in [1.82, 2.24) is 14.9 Å². The maximum Gasteiger partial charge on any atom is 0.275 e. The Kier molecular flexibility index (Phi) is 6.99. The van der Waals surface area contributed by atoms with Crippen LogP contribution in [0, 0.1) is 6.92 Å². The first-order valence-corrected chi connectivity index (χ1v) is 11.1. The molecule has 0 amide bonds. The predicted molar refractivity (Wildman–Crippen MR) is 112 cm³/mol. The third kappa shape index (κ3) is 5.49. The van der Waals surface area contributed by atoms with E-state index >= 15 is 0 Å². The van der Waals surface area contributed by atoms with Gasteiger partial charge in [0.25, 0.3) is 5.56 Å². The minimum absolute atomic E-state index is 0.137. The SMILES string of the molecule is Cc1cc(CSCCNc2ncc(N)c(=O)[nH]2)sc1CN1CCCCC1. The minimum Gasteiger partial charge on any atom is -0.393 e. The van der Waals surface area contributed by atoms with Gasteiger partial charge in [0.2, 0.25) is 5.95 Å². The van der Waals surface area contributed by atoms with E-state index in [1.807, 2.05) is 23.1 Å². The first-order chi connectivity index (χ1) is 12.6. The molecule has 6 nitrogen and oxygen atoms in total. The van der Waals surface area contributed by atoms with E-state index in [1.165, 1.54) is 53.9 Å². The summed E-state index contributed by atoms with van der Waals surface area (Å²) in [6, 6.07) is 2.34. The molecule has 4 N–H and O–H groups in total. The van der Waals surface area contributed by atoms with Crippen LogP contribution in [0.5, 0.6) is 0 Å². The quantitative estimate of drug-likeness (QED) is 0.598. The van der Waals surface area contributed by atoms with Gasteiger partial charge in [0, 0.05) is 34.3 Å². The Morgan fingerprint density at radius 2 is 2.19 bits per heavy atom. The Labute approximate surface area is 162 Å². The molecular formula is C18H27N5OS2. The van der Waals surface area contributed by atoms with Crippen LogP contribution in [0.2, 0.25) is 0 Å². The fourth-order valence-corrected chi connectivity index (χ4v) is 5.23. The molecular weight excluding hydrogens is 366 g/mol. The number of anilines is 2. The summed E-state index contributed by atoms with van der Waals surface area (Å²) in [5.41, 5.74) is 6.73. The molecule has 0 aromatic carbocycles. The van der Waals surface area contributed by atoms with Crippen LogP contribution >= 0.6 is 23.1 Å². The van der Waals surface area contributed by atoms with Gasteiger partial charge in [-0.3, -0.25) is 14.7 Å². The van der Waals surface area contributed by atoms with Crippen LogP contribution in [-0.2, 0) is 12.3 Å². The number of likely N-dealkylation sites (tertiary alicyclic amines) is 1. The zero-order chi connectivity index (χ0) is 18.4. The number of thiophene rings is 1. The second-order valence-corrected chi connectivity index (χ2v) is 8.98. The van der Waals surface area contributed by atoms with E-state index in [2.05, 4.69) is 33.2 Å². The number of aromatic nitrogens is 2. The maximum atomic E-state index is 11.4. The average molecular weight is 394 g/mol. The van der Waals surface area contributed by atoms with Gasteiger partial charge in [0.1, 0.15) is 5.69 Å². The second kappa shape index (κ2) is 9.43. The number of aromatic amines is 1. The van der Waals surface area contributed by atoms with Crippen LogP contribution in [0.1, 0.15) is 34.6 Å². The van der Waals surface area contributed by atoms with Crippen molar-refractivity contribution in [3.8, 4) is 0 Å². The molecule has 0 spiro atoms. The minimum atomic E-state index is -0.301. The van der Waals surface area contributed by atoms with Crippen LogP contribution in [0.3, 0.4) is 0 Å². The van der Waals surface area contributed by atoms with Gasteiger partial charge in [-0.1, -0.05) is 6.42 Å². The topological polar surface area (TPSA) is 87.0 Å². The number of nitrogens with one attached hydrogen (secondary N) is 2. The number of rotatable bonds is 8. The largest absolute Gasteiger partial charge is 0.393 e. The summed E-state index contributed by atoms with van der Waals surface area (Å²) >= 11 is 3.85. The van der Waals surface area contributed by atoms with Crippen LogP contribution in [0.15, 0.2) is 17.1 Å². The highest BCUT2D eigenvalue weighted by molar-refractivity contribution is 7.98. The number of hydrogen-bond donors (Lipinski definition) is 3. The summed E-state index contributed by atoms with van der Waals surface area (Å²) in [7, 11) is 0. The van der Waals surface area contributed by atoms with Gasteiger partial charge in [-0.05, 0) is 44.5 Å². The fourth-order valence-electron chi connectivity index (χ4n) is 3.05. The normalized spacial score (nSPS) is 15.3. The third-order valence-electron chi connectivity index (χ3n) is 4.50. The van der Waals surface area contributed by atoms with E-state index in [0.29, 0.717) is 5.95 Å². The molecule has 1 fully saturated rings. The molecule has 2 aromatic rings. The second-order valence-electron chi connectivity index (χ2n) is 6.65. The van der Waals surface area contributed by atoms with Gasteiger partial charge < -0.3 is 11.1 Å². The summed E-state index contributed by atoms with van der Waals surface area (Å²) in [5, 5.41) is 3.12. The molecule has 0 radical (unpaired) electrons. The molecule has 3 rings (SSSR count). The van der Waals surface area contributed by atoms with Gasteiger partial charge in [0.05, 0.1) is 6.20 Å². The highest BCUT2D eigenvalue weighted by Crippen LogP contribution is 2.27. The van der Waals surface area contributed by atoms with Crippen LogP contribution in [0.4, 0.5) is 11.6 Å². The van der Waals surface area contributed by atoms with Gasteiger partial charge >= 0.3 is 0 Å². The lowest BCUT2D eigenvalue weighted by Crippen LogP contribution is -2.28. The fraction of sp³-hybridized carbons (Fsp3) is 0.556. The monoisotopic (exact) mass is 393 g/mol. The molecule has 0 saturated carbocycles. The number of nitrogens with two attached hydrogens (primary N) is 1. The van der Waals surface area contributed by atoms with Crippen molar-refractivity contribution in [3.63, 3.8) is 0 Å². The molecule has 8 heteroatoms. The summed E-state index contributed by atoms with van der Waals surface area (Å²) in [6.07, 6.45) is 5.45. The maximum absolute atomic E-state index is 11.4. The zero-order valence-corrected chi connectivity index (χ0v) is 16.8. The smallest absolute Gasteiger partial charge is 0.275 e. The number of hydrogen-bond acceptors (Lipinski definition) is 7. The Hall–Kier alpha value is -1.51. The van der Waals surface area contributed by atoms with Crippen molar-refractivity contribution in [2.75, 3.05) is 36.4 Å². The molecule has 0 aliphatic carbocycles. The average Bonchev–Trinajstić information content (AvgIpc) is 2.98. The highest BCUT2D eigenvalue weighted by Gasteiger charge is 2.13. The Morgan fingerprint density at radius 1 is 1.38 bits per heavy atom. The zero-order valence-electron chi connectivity index (χ0n) is 15.2. The van der Waals surface area contributed by atoms with Gasteiger partial charge in [-0.25, -0.2) is 4.98 Å². The number of piperidine rings is 1. The first kappa shape index (κ1) is 19.3. The van der Waals surface area contributed by atoms with Crippen molar-refractivity contribution >= 4 is 34.7 Å². The molecule has 0 unspecified atom stereocenters. The van der Waals surface area contributed by atoms with E-state index in [0.717, 1.165) is 24.6 Å². The molecule has 0 bridgehead atoms. The van der Waals surface area contributed by atoms with E-state index in [-0.39, 0.29) is 11.2 Å². The molecule has 142 valence electrons. The van der Waals surface area contributed by atoms with Crippen LogP contribution in [-0.4, -0.2) is 40.3 Å². The summed E-state index contributed by atoms with van der Waals surface area (Å²) < 4.78 is 0. The molecule has 1 saturated heterocycles. The predicted octanol–water partition coefficient (Wildman–Crippen LogP) is 3.05. The van der Waals surface area contributed by atoms with Crippen molar-refractivity contribution in [2.45, 2.75) is 38.5 Å². The van der Waals surface area contributed by atoms with Crippen LogP contribution < -0.4 is 16.6 Å². The number of thioether (sulfide) groups is 1. The lowest BCUT2D eigenvalue weighted by Gasteiger charge is -2.26. The number of aryl methyl sites for hydroxylation is 1. The number of nitrogen functional groups attached to an aromatic ring is 1. The molecule has 0 atom stereocenters. The lowest BCUT2D eigenvalue weighted by atomic mass is 10.1. The summed E-state index contributed by atoms with van der Waals surface area (Å²) in [5.74, 6) is 2.45. The van der Waals surface area contributed by atoms with E-state index in [9.17, 15) is 4.79 Å². The van der Waals surface area contributed by atoms with E-state index in [1.54, 1.807) is 0 Å². The standard InChI is InChI=1S/C18H27N5OS2/c1-13-9-14(26-16(13)11-23-6-3-2-4-7-23)12-25-8-5-20-18-21-10-15(19)17(24)22-18/h9-10H,2-8,11-12,19H2,1H3,(H2,20,21,22,24). The molecule has 2 aromatic heterocycles. The third-order valence-corrected chi connectivity index (χ3v) is 6.91. The van der Waals surface area contributed by atoms with Gasteiger partial charge in [-0.15, -0.1) is 11.3 Å². The number of H-pyrrole nitrogens is 1. The first-order valence-electron chi connectivity index (χ1n) is 9.09. The highest BCUT2D eigenvalue weighted by atomic mass is 32.2. The Bertz CT molecular complexity index is 767. The van der Waals surface area contributed by atoms with Crippen molar-refractivity contribution < 1.29 is 0 Å². The molecule has 1 aliphatic rings. The summed E-state index contributed by atoms with van der Waals surface area (Å²) in [4.78, 5) is 23.7. The van der Waals surface area contributed by atoms with Crippen molar-refractivity contribution in [2.24, 2.45) is 0 Å². The van der Waals surface area contributed by atoms with E-state index < -0.39 is 0 Å². The van der Waals surface area contributed by atoms with Crippen molar-refractivity contribution in [3.05, 3.63) is 37.9 Å². The Morgan fingerprint density at radius 3 is 2.96 bits per heavy atom. The molecule has 26 heavy (non-hydrogen) atoms. The van der Waals surface area contributed by atoms with Gasteiger partial charge in [-0.2, -0.15) is 11.8 Å².